The van der Waals surface area contributed by atoms with Crippen LogP contribution in [-0.4, -0.2) is 23.6 Å². The Hall–Kier alpha value is -1.39. The Morgan fingerprint density at radius 3 is 2.32 bits per heavy atom. The fraction of sp³-hybridized carbons (Fsp3) is 0.400. The van der Waals surface area contributed by atoms with Crippen LogP contribution >= 0.6 is 20.2 Å². The molecule has 0 saturated carbocycles. The second kappa shape index (κ2) is 7.79. The summed E-state index contributed by atoms with van der Waals surface area (Å²) >= 11 is -4.04. The topological polar surface area (TPSA) is 30.5 Å². The molecule has 3 nitrogen and oxygen atoms in total. The summed E-state index contributed by atoms with van der Waals surface area (Å²) in [5, 5.41) is 2.98. The Bertz CT molecular complexity index is 827. The first-order chi connectivity index (χ1) is 13.1. The molecule has 0 aliphatic carbocycles. The zero-order valence-corrected chi connectivity index (χ0v) is 17.9. The maximum atomic E-state index is 14.9. The van der Waals surface area contributed by atoms with E-state index in [9.17, 15) is 17.6 Å². The molecule has 0 radical (unpaired) electrons. The Balaban J connectivity index is 1.83. The minimum atomic E-state index is -4.68. The summed E-state index contributed by atoms with van der Waals surface area (Å²) in [5.41, 5.74) is 0.391. The van der Waals surface area contributed by atoms with E-state index >= 15 is 0 Å². The van der Waals surface area contributed by atoms with E-state index in [-0.39, 0.29) is 9.32 Å². The second-order valence-corrected chi connectivity index (χ2v) is 11.3. The van der Waals surface area contributed by atoms with Crippen LogP contribution in [0.15, 0.2) is 48.5 Å². The molecule has 1 aliphatic rings. The van der Waals surface area contributed by atoms with Gasteiger partial charge in [0.25, 0.3) is 0 Å². The quantitative estimate of drug-likeness (QED) is 0.300. The monoisotopic (exact) mass is 511 g/mol. The molecule has 2 aromatic carbocycles. The van der Waals surface area contributed by atoms with Crippen molar-refractivity contribution in [3.63, 3.8) is 0 Å². The zero-order chi connectivity index (χ0) is 20.6. The van der Waals surface area contributed by atoms with Crippen molar-refractivity contribution in [3.05, 3.63) is 63.2 Å². The van der Waals surface area contributed by atoms with E-state index in [4.69, 9.17) is 3.07 Å². The van der Waals surface area contributed by atoms with Gasteiger partial charge in [0.05, 0.1) is 0 Å². The summed E-state index contributed by atoms with van der Waals surface area (Å²) in [4.78, 5) is 0. The Morgan fingerprint density at radius 2 is 1.68 bits per heavy atom. The van der Waals surface area contributed by atoms with Crippen LogP contribution in [0.4, 0.5) is 17.6 Å². The van der Waals surface area contributed by atoms with Gasteiger partial charge in [-0.1, -0.05) is 0 Å². The van der Waals surface area contributed by atoms with Gasteiger partial charge in [0.15, 0.2) is 0 Å². The standard InChI is InChI=1S/C20H22F4INO2/c1-18(2)16-6-4-5-7-17(16)25(28-18)19(21,22)20(23,24)27-15-10-8-14(9-11-15)12-13-26-3/h4-11,26H,12-13H2,1-3H3. The average Bonchev–Trinajstić information content (AvgIpc) is 2.93. The first-order valence-corrected chi connectivity index (χ1v) is 11.8. The van der Waals surface area contributed by atoms with Crippen molar-refractivity contribution in [1.29, 1.82) is 0 Å². The molecule has 2 aromatic rings. The van der Waals surface area contributed by atoms with Crippen LogP contribution in [0.2, 0.25) is 0 Å². The molecule has 0 unspecified atom stereocenters. The van der Waals surface area contributed by atoms with Crippen molar-refractivity contribution in [2.75, 3.05) is 13.6 Å². The van der Waals surface area contributed by atoms with Crippen molar-refractivity contribution in [2.45, 2.75) is 35.9 Å². The number of rotatable bonds is 7. The molecule has 8 heteroatoms. The SMILES string of the molecule is CNCCc1ccc(OC(F)(F)C(F)(F)I2OC(C)(C)c3ccccc32)cc1. The van der Waals surface area contributed by atoms with Crippen LogP contribution in [0, 0.1) is 3.57 Å². The van der Waals surface area contributed by atoms with Gasteiger partial charge in [0, 0.05) is 0 Å². The number of halogens is 5. The molecule has 0 saturated heterocycles. The predicted molar refractivity (Wildman–Crippen MR) is 108 cm³/mol. The first-order valence-electron chi connectivity index (χ1n) is 8.76. The molecule has 154 valence electrons. The number of alkyl halides is 5. The van der Waals surface area contributed by atoms with Gasteiger partial charge in [0.1, 0.15) is 0 Å². The van der Waals surface area contributed by atoms with Crippen molar-refractivity contribution in [1.82, 2.24) is 5.32 Å². The van der Waals surface area contributed by atoms with E-state index in [0.29, 0.717) is 12.0 Å². The molecule has 0 bridgehead atoms. The van der Waals surface area contributed by atoms with Gasteiger partial charge in [-0.15, -0.1) is 0 Å². The molecule has 1 heterocycles. The van der Waals surface area contributed by atoms with Gasteiger partial charge in [-0.2, -0.15) is 0 Å². The normalized spacial score (nSPS) is 17.5. The summed E-state index contributed by atoms with van der Waals surface area (Å²) in [5.74, 6) is -0.305. The third kappa shape index (κ3) is 3.99. The van der Waals surface area contributed by atoms with E-state index < -0.39 is 35.9 Å². The van der Waals surface area contributed by atoms with Gasteiger partial charge >= 0.3 is 169 Å². The Morgan fingerprint density at radius 1 is 1.04 bits per heavy atom. The molecule has 0 aromatic heterocycles. The van der Waals surface area contributed by atoms with Crippen LogP contribution in [0.5, 0.6) is 5.75 Å². The van der Waals surface area contributed by atoms with Crippen LogP contribution in [0.1, 0.15) is 25.0 Å². The van der Waals surface area contributed by atoms with Gasteiger partial charge in [-0.3, -0.25) is 0 Å². The molecular formula is C20H22F4INO2. The molecule has 28 heavy (non-hydrogen) atoms. The zero-order valence-electron chi connectivity index (χ0n) is 15.7. The third-order valence-corrected chi connectivity index (χ3v) is 9.75. The van der Waals surface area contributed by atoms with Crippen molar-refractivity contribution < 1.29 is 25.4 Å². The molecule has 0 atom stereocenters. The maximum absolute atomic E-state index is 14.9. The third-order valence-electron chi connectivity index (χ3n) is 4.36. The van der Waals surface area contributed by atoms with Crippen LogP contribution in [0.25, 0.3) is 0 Å². The number of hydrogen-bond acceptors (Lipinski definition) is 3. The van der Waals surface area contributed by atoms with E-state index in [1.807, 2.05) is 0 Å². The second-order valence-electron chi connectivity index (χ2n) is 6.93. The van der Waals surface area contributed by atoms with Crippen LogP contribution < -0.4 is 10.1 Å². The van der Waals surface area contributed by atoms with E-state index in [0.717, 1.165) is 12.1 Å². The Labute approximate surface area is 169 Å². The predicted octanol–water partition coefficient (Wildman–Crippen LogP) is 5.57. The molecule has 3 rings (SSSR count). The van der Waals surface area contributed by atoms with Crippen LogP contribution in [-0.2, 0) is 15.1 Å². The van der Waals surface area contributed by atoms with E-state index in [1.165, 1.54) is 18.2 Å². The Kier molecular flexibility index (Phi) is 5.94. The van der Waals surface area contributed by atoms with Crippen molar-refractivity contribution in [3.8, 4) is 5.75 Å². The molecule has 1 N–H and O–H groups in total. The van der Waals surface area contributed by atoms with Gasteiger partial charge < -0.3 is 0 Å². The number of likely N-dealkylation sites (N-methyl/N-ethyl adjacent to an activating group) is 1. The molecule has 0 amide bonds. The van der Waals surface area contributed by atoms with Crippen LogP contribution in [0.3, 0.4) is 0 Å². The summed E-state index contributed by atoms with van der Waals surface area (Å²) in [6.45, 7) is 3.94. The summed E-state index contributed by atoms with van der Waals surface area (Å²) in [7, 11) is 1.80. The van der Waals surface area contributed by atoms with Gasteiger partial charge in [0.2, 0.25) is 0 Å². The van der Waals surface area contributed by atoms with Gasteiger partial charge in [-0.05, 0) is 0 Å². The fourth-order valence-corrected chi connectivity index (χ4v) is 8.00. The first kappa shape index (κ1) is 21.3. The summed E-state index contributed by atoms with van der Waals surface area (Å²) < 4.78 is 64.8. The number of ether oxygens (including phenoxy) is 1. The fourth-order valence-electron chi connectivity index (χ4n) is 2.85. The molecule has 0 fully saturated rings. The number of nitrogens with one attached hydrogen (secondary N) is 1. The minimum absolute atomic E-state index is 0.201. The molecule has 1 aliphatic heterocycles. The van der Waals surface area contributed by atoms with Crippen molar-refractivity contribution >= 4 is 20.2 Å². The van der Waals surface area contributed by atoms with E-state index in [1.54, 1.807) is 51.2 Å². The van der Waals surface area contributed by atoms with Gasteiger partial charge in [-0.25, -0.2) is 0 Å². The molecule has 0 spiro atoms. The summed E-state index contributed by atoms with van der Waals surface area (Å²) in [6.07, 6.45) is -3.99. The number of benzene rings is 2. The van der Waals surface area contributed by atoms with Crippen molar-refractivity contribution in [2.24, 2.45) is 0 Å². The number of hydrogen-bond donors (Lipinski definition) is 1. The number of fused-ring (bicyclic) bond motifs is 1. The van der Waals surface area contributed by atoms with E-state index in [2.05, 4.69) is 10.1 Å². The summed E-state index contributed by atoms with van der Waals surface area (Å²) in [6, 6.07) is 12.1. The average molecular weight is 511 g/mol. The molecular weight excluding hydrogens is 489 g/mol.